The number of halogens is 4. The molecule has 1 aromatic carbocycles. The number of alkyl halides is 3. The molecule has 0 aliphatic rings. The molecule has 1 aromatic heterocycles. The Hall–Kier alpha value is -2.02. The summed E-state index contributed by atoms with van der Waals surface area (Å²) in [6.45, 7) is 1.85. The van der Waals surface area contributed by atoms with Gasteiger partial charge in [0.25, 0.3) is 0 Å². The lowest BCUT2D eigenvalue weighted by Crippen LogP contribution is -2.12. The smallest absolute Gasteiger partial charge is 0.368 e. The van der Waals surface area contributed by atoms with Gasteiger partial charge in [0.1, 0.15) is 5.82 Å². The second-order valence-electron chi connectivity index (χ2n) is 4.10. The van der Waals surface area contributed by atoms with Gasteiger partial charge in [-0.25, -0.2) is 4.98 Å². The van der Waals surface area contributed by atoms with Gasteiger partial charge in [-0.05, 0) is 24.6 Å². The van der Waals surface area contributed by atoms with Crippen molar-refractivity contribution in [3.05, 3.63) is 40.5 Å². The van der Waals surface area contributed by atoms with Crippen LogP contribution in [0.5, 0.6) is 0 Å². The van der Waals surface area contributed by atoms with Crippen molar-refractivity contribution in [3.8, 4) is 0 Å². The van der Waals surface area contributed by atoms with E-state index in [2.05, 4.69) is 15.3 Å². The number of anilines is 3. The molecule has 0 fully saturated rings. The normalized spacial score (nSPS) is 11.4. The van der Waals surface area contributed by atoms with Gasteiger partial charge in [-0.1, -0.05) is 17.7 Å². The quantitative estimate of drug-likeness (QED) is 0.886. The van der Waals surface area contributed by atoms with Crippen LogP contribution in [0.15, 0.2) is 24.3 Å². The molecule has 0 amide bonds. The first kappa shape index (κ1) is 14.4. The molecule has 0 bridgehead atoms. The van der Waals surface area contributed by atoms with Crippen molar-refractivity contribution >= 4 is 29.1 Å². The fraction of sp³-hybridized carbons (Fsp3) is 0.167. The summed E-state index contributed by atoms with van der Waals surface area (Å²) in [5, 5.41) is 3.06. The molecule has 20 heavy (non-hydrogen) atoms. The molecule has 0 aliphatic heterocycles. The number of hydrogen-bond donors (Lipinski definition) is 2. The van der Waals surface area contributed by atoms with E-state index in [0.717, 1.165) is 11.6 Å². The number of rotatable bonds is 2. The fourth-order valence-electron chi connectivity index (χ4n) is 1.53. The van der Waals surface area contributed by atoms with Gasteiger partial charge >= 0.3 is 6.18 Å². The van der Waals surface area contributed by atoms with Crippen molar-refractivity contribution in [1.29, 1.82) is 0 Å². The predicted octanol–water partition coefficient (Wildman–Crippen LogP) is 3.78. The Balaban J connectivity index is 2.36. The van der Waals surface area contributed by atoms with E-state index < -0.39 is 17.8 Å². The molecule has 106 valence electrons. The molecular formula is C12H10ClF3N4. The van der Waals surface area contributed by atoms with Gasteiger partial charge in [-0.3, -0.25) is 0 Å². The first-order valence-corrected chi connectivity index (χ1v) is 5.88. The van der Waals surface area contributed by atoms with Gasteiger partial charge in [-0.15, -0.1) is 0 Å². The Morgan fingerprint density at radius 2 is 1.90 bits per heavy atom. The summed E-state index contributed by atoms with van der Waals surface area (Å²) in [5.74, 6) is -0.541. The van der Waals surface area contributed by atoms with Crippen LogP contribution in [-0.2, 0) is 6.18 Å². The number of benzene rings is 1. The summed E-state index contributed by atoms with van der Waals surface area (Å²) in [6.07, 6.45) is -4.59. The van der Waals surface area contributed by atoms with Crippen molar-refractivity contribution in [3.63, 3.8) is 0 Å². The zero-order valence-corrected chi connectivity index (χ0v) is 11.0. The minimum atomic E-state index is -4.59. The zero-order chi connectivity index (χ0) is 14.9. The highest BCUT2D eigenvalue weighted by atomic mass is 35.5. The minimum Gasteiger partial charge on any atom is -0.368 e. The predicted molar refractivity (Wildman–Crippen MR) is 70.9 cm³/mol. The van der Waals surface area contributed by atoms with Crippen molar-refractivity contribution in [1.82, 2.24) is 9.97 Å². The Bertz CT molecular complexity index is 643. The van der Waals surface area contributed by atoms with Crippen molar-refractivity contribution in [2.75, 3.05) is 11.1 Å². The molecule has 0 spiro atoms. The monoisotopic (exact) mass is 302 g/mol. The topological polar surface area (TPSA) is 63.8 Å². The Labute approximate surface area is 117 Å². The van der Waals surface area contributed by atoms with Crippen LogP contribution in [0.25, 0.3) is 0 Å². The average molecular weight is 303 g/mol. The van der Waals surface area contributed by atoms with Gasteiger partial charge < -0.3 is 11.1 Å². The molecule has 0 unspecified atom stereocenters. The summed E-state index contributed by atoms with van der Waals surface area (Å²) in [7, 11) is 0. The summed E-state index contributed by atoms with van der Waals surface area (Å²) in [4.78, 5) is 6.86. The fourth-order valence-corrected chi connectivity index (χ4v) is 1.82. The highest BCUT2D eigenvalue weighted by Gasteiger charge is 2.33. The maximum Gasteiger partial charge on any atom is 0.433 e. The van der Waals surface area contributed by atoms with Crippen LogP contribution in [0.1, 0.15) is 11.3 Å². The van der Waals surface area contributed by atoms with Crippen LogP contribution >= 0.6 is 11.6 Å². The molecular weight excluding hydrogens is 293 g/mol. The first-order chi connectivity index (χ1) is 9.25. The molecule has 0 saturated heterocycles. The van der Waals surface area contributed by atoms with E-state index >= 15 is 0 Å². The lowest BCUT2D eigenvalue weighted by Gasteiger charge is -2.11. The molecule has 2 aromatic rings. The standard InChI is InChI=1S/C12H10ClF3N4/c1-6-2-3-8(7(13)4-6)18-10-5-9(12(14,15)16)19-11(17)20-10/h2-5H,1H3,(H3,17,18,19,20). The van der Waals surface area contributed by atoms with E-state index in [1.807, 2.05) is 6.92 Å². The Morgan fingerprint density at radius 3 is 2.50 bits per heavy atom. The molecule has 1 heterocycles. The van der Waals surface area contributed by atoms with Crippen molar-refractivity contribution in [2.45, 2.75) is 13.1 Å². The van der Waals surface area contributed by atoms with E-state index in [9.17, 15) is 13.2 Å². The Morgan fingerprint density at radius 1 is 1.20 bits per heavy atom. The minimum absolute atomic E-state index is 0.0735. The molecule has 4 nitrogen and oxygen atoms in total. The van der Waals surface area contributed by atoms with Crippen LogP contribution in [-0.4, -0.2) is 9.97 Å². The van der Waals surface area contributed by atoms with Gasteiger partial charge in [0.2, 0.25) is 5.95 Å². The number of nitrogens with two attached hydrogens (primary N) is 1. The van der Waals surface area contributed by atoms with E-state index in [0.29, 0.717) is 10.7 Å². The summed E-state index contributed by atoms with van der Waals surface area (Å²) < 4.78 is 37.9. The third-order valence-electron chi connectivity index (χ3n) is 2.42. The molecule has 0 radical (unpaired) electrons. The summed E-state index contributed by atoms with van der Waals surface area (Å²) >= 11 is 5.99. The lowest BCUT2D eigenvalue weighted by atomic mass is 10.2. The maximum absolute atomic E-state index is 12.6. The molecule has 0 aliphatic carbocycles. The second kappa shape index (κ2) is 5.16. The number of aryl methyl sites for hydroxylation is 1. The maximum atomic E-state index is 12.6. The lowest BCUT2D eigenvalue weighted by molar-refractivity contribution is -0.141. The first-order valence-electron chi connectivity index (χ1n) is 5.50. The van der Waals surface area contributed by atoms with Crippen LogP contribution in [0.3, 0.4) is 0 Å². The third kappa shape index (κ3) is 3.30. The van der Waals surface area contributed by atoms with E-state index in [1.165, 1.54) is 0 Å². The van der Waals surface area contributed by atoms with Gasteiger partial charge in [0.15, 0.2) is 5.69 Å². The number of hydrogen-bond acceptors (Lipinski definition) is 4. The number of aromatic nitrogens is 2. The molecule has 8 heteroatoms. The summed E-state index contributed by atoms with van der Waals surface area (Å²) in [5.41, 5.74) is 5.52. The third-order valence-corrected chi connectivity index (χ3v) is 2.73. The van der Waals surface area contributed by atoms with Crippen molar-refractivity contribution < 1.29 is 13.2 Å². The van der Waals surface area contributed by atoms with E-state index in [-0.39, 0.29) is 5.82 Å². The van der Waals surface area contributed by atoms with Crippen LogP contribution in [0.2, 0.25) is 5.02 Å². The number of nitrogen functional groups attached to an aromatic ring is 1. The molecule has 0 atom stereocenters. The average Bonchev–Trinajstić information content (AvgIpc) is 2.31. The van der Waals surface area contributed by atoms with Crippen LogP contribution in [0.4, 0.5) is 30.6 Å². The zero-order valence-electron chi connectivity index (χ0n) is 10.3. The largest absolute Gasteiger partial charge is 0.433 e. The highest BCUT2D eigenvalue weighted by Crippen LogP contribution is 2.31. The van der Waals surface area contributed by atoms with Crippen LogP contribution < -0.4 is 11.1 Å². The summed E-state index contributed by atoms with van der Waals surface area (Å²) in [6, 6.07) is 5.86. The Kier molecular flexibility index (Phi) is 3.71. The SMILES string of the molecule is Cc1ccc(Nc2cc(C(F)(F)F)nc(N)n2)c(Cl)c1. The molecule has 0 saturated carbocycles. The van der Waals surface area contributed by atoms with Gasteiger partial charge in [0, 0.05) is 6.07 Å². The van der Waals surface area contributed by atoms with Gasteiger partial charge in [-0.2, -0.15) is 18.2 Å². The highest BCUT2D eigenvalue weighted by molar-refractivity contribution is 6.33. The van der Waals surface area contributed by atoms with Gasteiger partial charge in [0.05, 0.1) is 10.7 Å². The van der Waals surface area contributed by atoms with Crippen LogP contribution in [0, 0.1) is 6.92 Å². The molecule has 2 rings (SSSR count). The van der Waals surface area contributed by atoms with E-state index in [1.54, 1.807) is 18.2 Å². The second-order valence-corrected chi connectivity index (χ2v) is 4.51. The number of nitrogens with one attached hydrogen (secondary N) is 1. The number of nitrogens with zero attached hydrogens (tertiary/aromatic N) is 2. The van der Waals surface area contributed by atoms with E-state index in [4.69, 9.17) is 17.3 Å². The molecule has 3 N–H and O–H groups in total. The van der Waals surface area contributed by atoms with Crippen molar-refractivity contribution in [2.24, 2.45) is 0 Å².